The number of benzene rings is 4. The molecule has 0 bridgehead atoms. The van der Waals surface area contributed by atoms with Crippen LogP contribution in [-0.2, 0) is 0 Å². The molecule has 0 aliphatic heterocycles. The Morgan fingerprint density at radius 1 is 0.576 bits per heavy atom. The van der Waals surface area contributed by atoms with Gasteiger partial charge in [0.1, 0.15) is 31.7 Å². The summed E-state index contributed by atoms with van der Waals surface area (Å²) in [4.78, 5) is 0. The van der Waals surface area contributed by atoms with Crippen LogP contribution < -0.4 is 10.9 Å². The van der Waals surface area contributed by atoms with Crippen molar-refractivity contribution in [2.45, 2.75) is 0 Å². The number of aromatic nitrogens is 1. The van der Waals surface area contributed by atoms with E-state index in [2.05, 4.69) is 15.9 Å². The maximum absolute atomic E-state index is 10.8. The molecule has 6 nitrogen and oxygen atoms in total. The number of hydrogen-bond acceptors (Lipinski definition) is 5. The van der Waals surface area contributed by atoms with Crippen LogP contribution in [0.5, 0.6) is 28.7 Å². The summed E-state index contributed by atoms with van der Waals surface area (Å²) in [5.74, 6) is -3.00. The number of phenols is 5. The van der Waals surface area contributed by atoms with Gasteiger partial charge >= 0.3 is 0 Å². The largest absolute Gasteiger partial charge is 0.507 e. The lowest BCUT2D eigenvalue weighted by Crippen LogP contribution is -2.10. The van der Waals surface area contributed by atoms with E-state index in [1.165, 1.54) is 4.57 Å². The van der Waals surface area contributed by atoms with Gasteiger partial charge in [0, 0.05) is 11.1 Å². The zero-order valence-electron chi connectivity index (χ0n) is 16.9. The summed E-state index contributed by atoms with van der Waals surface area (Å²) < 4.78 is 1.39. The highest BCUT2D eigenvalue weighted by Gasteiger charge is 2.28. The molecular weight excluding hydrogens is 484 g/mol. The Kier molecular flexibility index (Phi) is 4.76. The third-order valence-corrected chi connectivity index (χ3v) is 6.51. The van der Waals surface area contributed by atoms with Gasteiger partial charge in [-0.1, -0.05) is 42.5 Å². The first-order valence-electron chi connectivity index (χ1n) is 9.79. The number of aromatic hydroxyl groups is 5. The van der Waals surface area contributed by atoms with Gasteiger partial charge in [-0.15, -0.1) is 0 Å². The molecule has 5 rings (SSSR count). The van der Waals surface area contributed by atoms with Crippen LogP contribution in [0.15, 0.2) is 59.1 Å². The van der Waals surface area contributed by atoms with Crippen LogP contribution in [0.2, 0.25) is 0 Å². The number of fused-ring (bicyclic) bond motifs is 3. The SMILES string of the molecule is [B]c1c(O)c(O)c(O)c2c1c1c(O)c(Br)c(O)c([B])c1n2-c1ccc(-c2ccccc2)cc1. The predicted molar refractivity (Wildman–Crippen MR) is 133 cm³/mol. The van der Waals surface area contributed by atoms with E-state index in [1.807, 2.05) is 42.5 Å². The van der Waals surface area contributed by atoms with E-state index < -0.39 is 28.7 Å². The zero-order valence-corrected chi connectivity index (χ0v) is 18.5. The Morgan fingerprint density at radius 3 is 1.82 bits per heavy atom. The van der Waals surface area contributed by atoms with E-state index in [4.69, 9.17) is 15.7 Å². The summed E-state index contributed by atoms with van der Waals surface area (Å²) in [5, 5.41) is 52.8. The average Bonchev–Trinajstić information content (AvgIpc) is 3.20. The molecule has 5 aromatic rings. The minimum absolute atomic E-state index is 0.00441. The fourth-order valence-electron chi connectivity index (χ4n) is 4.16. The second-order valence-corrected chi connectivity index (χ2v) is 8.37. The summed E-state index contributed by atoms with van der Waals surface area (Å²) in [6.07, 6.45) is 0. The van der Waals surface area contributed by atoms with E-state index >= 15 is 0 Å². The van der Waals surface area contributed by atoms with Crippen LogP contribution in [0, 0.1) is 0 Å². The molecule has 0 saturated heterocycles. The van der Waals surface area contributed by atoms with Crippen molar-refractivity contribution in [3.63, 3.8) is 0 Å². The number of nitrogens with zero attached hydrogens (tertiary/aromatic N) is 1. The highest BCUT2D eigenvalue weighted by Crippen LogP contribution is 2.49. The third-order valence-electron chi connectivity index (χ3n) is 5.76. The van der Waals surface area contributed by atoms with Crippen LogP contribution >= 0.6 is 15.9 Å². The monoisotopic (exact) mass is 497 g/mol. The predicted octanol–water partition coefficient (Wildman–Crippen LogP) is 3.33. The lowest BCUT2D eigenvalue weighted by molar-refractivity contribution is 0.372. The Labute approximate surface area is 198 Å². The van der Waals surface area contributed by atoms with Crippen molar-refractivity contribution in [3.8, 4) is 45.6 Å². The molecule has 158 valence electrons. The standard InChI is InChI=1S/C24H14B2BrNO5/c25-15-13-14-18(16(26)21(30)17(27)20(14)29)28(19(13)23(32)24(33)22(15)31)12-8-6-11(7-9-12)10-4-2-1-3-5-10/h1-9,29-33H. The summed E-state index contributed by atoms with van der Waals surface area (Å²) in [7, 11) is 12.3. The van der Waals surface area contributed by atoms with E-state index in [0.717, 1.165) is 11.1 Å². The third kappa shape index (κ3) is 2.89. The maximum atomic E-state index is 10.8. The first-order valence-corrected chi connectivity index (χ1v) is 10.6. The Bertz CT molecular complexity index is 1500. The molecule has 0 unspecified atom stereocenters. The van der Waals surface area contributed by atoms with Gasteiger partial charge in [-0.05, 0) is 50.1 Å². The number of phenolic OH excluding ortho intramolecular Hbond substituents is 5. The highest BCUT2D eigenvalue weighted by atomic mass is 79.9. The topological polar surface area (TPSA) is 106 Å². The molecule has 0 aliphatic rings. The quantitative estimate of drug-likeness (QED) is 0.190. The van der Waals surface area contributed by atoms with Gasteiger partial charge in [0.25, 0.3) is 0 Å². The number of rotatable bonds is 2. The van der Waals surface area contributed by atoms with Crippen LogP contribution in [0.3, 0.4) is 0 Å². The van der Waals surface area contributed by atoms with E-state index in [0.29, 0.717) is 5.69 Å². The maximum Gasteiger partial charge on any atom is 0.201 e. The normalized spacial score (nSPS) is 11.4. The number of halogens is 1. The van der Waals surface area contributed by atoms with Gasteiger partial charge in [0.05, 0.1) is 16.4 Å². The average molecular weight is 498 g/mol. The van der Waals surface area contributed by atoms with Gasteiger partial charge in [-0.3, -0.25) is 0 Å². The molecule has 0 amide bonds. The molecule has 0 atom stereocenters. The van der Waals surface area contributed by atoms with Crippen molar-refractivity contribution in [2.75, 3.05) is 0 Å². The molecule has 0 aliphatic carbocycles. The van der Waals surface area contributed by atoms with Gasteiger partial charge in [0.15, 0.2) is 11.5 Å². The summed E-state index contributed by atoms with van der Waals surface area (Å²) in [5.41, 5.74) is 2.22. The summed E-state index contributed by atoms with van der Waals surface area (Å²) >= 11 is 3.11. The minimum atomic E-state index is -0.814. The van der Waals surface area contributed by atoms with Crippen molar-refractivity contribution in [1.82, 2.24) is 4.57 Å². The minimum Gasteiger partial charge on any atom is -0.507 e. The highest BCUT2D eigenvalue weighted by molar-refractivity contribution is 9.10. The second kappa shape index (κ2) is 7.42. The van der Waals surface area contributed by atoms with Crippen LogP contribution in [0.1, 0.15) is 0 Å². The smallest absolute Gasteiger partial charge is 0.201 e. The molecule has 33 heavy (non-hydrogen) atoms. The first-order chi connectivity index (χ1) is 15.7. The van der Waals surface area contributed by atoms with Crippen LogP contribution in [0.4, 0.5) is 0 Å². The fraction of sp³-hybridized carbons (Fsp3) is 0. The van der Waals surface area contributed by atoms with Gasteiger partial charge in [-0.2, -0.15) is 0 Å². The number of hydrogen-bond donors (Lipinski definition) is 5. The van der Waals surface area contributed by atoms with Gasteiger partial charge in [0.2, 0.25) is 5.75 Å². The van der Waals surface area contributed by atoms with Crippen molar-refractivity contribution >= 4 is 64.4 Å². The summed E-state index contributed by atoms with van der Waals surface area (Å²) in [6.45, 7) is 0. The van der Waals surface area contributed by atoms with E-state index in [-0.39, 0.29) is 37.2 Å². The lowest BCUT2D eigenvalue weighted by atomic mass is 9.86. The molecule has 4 aromatic carbocycles. The Morgan fingerprint density at radius 2 is 1.18 bits per heavy atom. The molecule has 0 saturated carbocycles. The molecule has 1 aromatic heterocycles. The van der Waals surface area contributed by atoms with Gasteiger partial charge < -0.3 is 30.1 Å². The van der Waals surface area contributed by atoms with Crippen molar-refractivity contribution in [1.29, 1.82) is 0 Å². The molecule has 0 fully saturated rings. The molecular formula is C24H14B2BrNO5. The van der Waals surface area contributed by atoms with E-state index in [9.17, 15) is 25.5 Å². The molecule has 1 heterocycles. The first kappa shape index (κ1) is 21.2. The van der Waals surface area contributed by atoms with E-state index in [1.54, 1.807) is 12.1 Å². The Hall–Kier alpha value is -3.71. The van der Waals surface area contributed by atoms with Crippen molar-refractivity contribution in [3.05, 3.63) is 59.1 Å². The zero-order chi connectivity index (χ0) is 23.6. The van der Waals surface area contributed by atoms with Crippen molar-refractivity contribution < 1.29 is 25.5 Å². The van der Waals surface area contributed by atoms with Gasteiger partial charge in [-0.25, -0.2) is 0 Å². The Balaban J connectivity index is 1.95. The molecule has 5 N–H and O–H groups in total. The summed E-state index contributed by atoms with van der Waals surface area (Å²) in [6, 6.07) is 16.9. The van der Waals surface area contributed by atoms with Crippen molar-refractivity contribution in [2.24, 2.45) is 0 Å². The molecule has 4 radical (unpaired) electrons. The second-order valence-electron chi connectivity index (χ2n) is 7.58. The molecule has 9 heteroatoms. The fourth-order valence-corrected chi connectivity index (χ4v) is 4.57. The lowest BCUT2D eigenvalue weighted by Gasteiger charge is -2.14. The molecule has 0 spiro atoms. The van der Waals surface area contributed by atoms with Crippen LogP contribution in [-0.4, -0.2) is 45.8 Å². The van der Waals surface area contributed by atoms with Crippen LogP contribution in [0.25, 0.3) is 38.6 Å².